The van der Waals surface area contributed by atoms with Crippen LogP contribution in [0.15, 0.2) is 0 Å². The highest BCUT2D eigenvalue weighted by Crippen LogP contribution is 2.15. The van der Waals surface area contributed by atoms with Crippen molar-refractivity contribution in [1.82, 2.24) is 4.90 Å². The molecule has 1 aliphatic rings. The molecule has 1 unspecified atom stereocenters. The number of piperidine rings is 1. The molecular formula is C14H28N2O2. The Hall–Kier alpha value is -0.610. The number of rotatable bonds is 6. The molecule has 1 saturated heterocycles. The summed E-state index contributed by atoms with van der Waals surface area (Å²) in [5.41, 5.74) is 5.96. The minimum atomic E-state index is -0.352. The fourth-order valence-electron chi connectivity index (χ4n) is 2.40. The summed E-state index contributed by atoms with van der Waals surface area (Å²) in [6, 6.07) is -0.352. The maximum Gasteiger partial charge on any atom is 0.239 e. The lowest BCUT2D eigenvalue weighted by molar-refractivity contribution is -0.137. The molecule has 4 nitrogen and oxygen atoms in total. The molecule has 1 amide bonds. The zero-order chi connectivity index (χ0) is 13.5. The van der Waals surface area contributed by atoms with Gasteiger partial charge in [-0.3, -0.25) is 4.79 Å². The van der Waals surface area contributed by atoms with Crippen LogP contribution in [0.2, 0.25) is 0 Å². The van der Waals surface area contributed by atoms with Gasteiger partial charge in [0.2, 0.25) is 5.91 Å². The van der Waals surface area contributed by atoms with Crippen molar-refractivity contribution >= 4 is 5.91 Å². The molecule has 0 saturated carbocycles. The van der Waals surface area contributed by atoms with Crippen LogP contribution in [0.3, 0.4) is 0 Å². The van der Waals surface area contributed by atoms with Crippen LogP contribution in [-0.4, -0.2) is 42.6 Å². The Labute approximate surface area is 111 Å². The van der Waals surface area contributed by atoms with Gasteiger partial charge in [0.1, 0.15) is 0 Å². The molecule has 0 spiro atoms. The summed E-state index contributed by atoms with van der Waals surface area (Å²) in [5, 5.41) is 0. The van der Waals surface area contributed by atoms with Crippen LogP contribution in [0.4, 0.5) is 0 Å². The number of carbonyl (C=O) groups is 1. The summed E-state index contributed by atoms with van der Waals surface area (Å²) < 4.78 is 5.74. The van der Waals surface area contributed by atoms with E-state index >= 15 is 0 Å². The van der Waals surface area contributed by atoms with Gasteiger partial charge in [0, 0.05) is 19.7 Å². The lowest BCUT2D eigenvalue weighted by atomic mass is 10.0. The van der Waals surface area contributed by atoms with E-state index in [1.807, 2.05) is 4.90 Å². The largest absolute Gasteiger partial charge is 0.376 e. The molecule has 4 heteroatoms. The predicted molar refractivity (Wildman–Crippen MR) is 73.3 cm³/mol. The number of ether oxygens (including phenoxy) is 1. The smallest absolute Gasteiger partial charge is 0.239 e. The molecule has 0 bridgehead atoms. The van der Waals surface area contributed by atoms with E-state index in [9.17, 15) is 4.79 Å². The normalized spacial score (nSPS) is 22.3. The molecule has 0 aliphatic carbocycles. The Morgan fingerprint density at radius 3 is 2.83 bits per heavy atom. The van der Waals surface area contributed by atoms with Crippen LogP contribution in [-0.2, 0) is 9.53 Å². The Morgan fingerprint density at radius 2 is 2.22 bits per heavy atom. The summed E-state index contributed by atoms with van der Waals surface area (Å²) in [6.07, 6.45) is 4.07. The van der Waals surface area contributed by atoms with Gasteiger partial charge < -0.3 is 15.4 Å². The van der Waals surface area contributed by atoms with Gasteiger partial charge in [0.05, 0.1) is 12.1 Å². The molecule has 1 fully saturated rings. The second-order valence-electron chi connectivity index (χ2n) is 5.66. The lowest BCUT2D eigenvalue weighted by Gasteiger charge is -2.34. The van der Waals surface area contributed by atoms with E-state index in [4.69, 9.17) is 10.5 Å². The second-order valence-corrected chi connectivity index (χ2v) is 5.66. The Kier molecular flexibility index (Phi) is 6.65. The quantitative estimate of drug-likeness (QED) is 0.788. The first kappa shape index (κ1) is 15.4. The van der Waals surface area contributed by atoms with Crippen molar-refractivity contribution in [1.29, 1.82) is 0 Å². The van der Waals surface area contributed by atoms with E-state index in [1.54, 1.807) is 0 Å². The third-order valence-electron chi connectivity index (χ3n) is 3.29. The molecule has 18 heavy (non-hydrogen) atoms. The standard InChI is InChI=1S/C14H28N2O2/c1-4-8-18-12-6-5-7-16(10-12)14(17)13(15)9-11(2)3/h11-13H,4-10,15H2,1-3H3/t12?,13-/m0/s1. The summed E-state index contributed by atoms with van der Waals surface area (Å²) in [5.74, 6) is 0.550. The van der Waals surface area contributed by atoms with Crippen LogP contribution in [0.5, 0.6) is 0 Å². The number of hydrogen-bond donors (Lipinski definition) is 1. The third kappa shape index (κ3) is 4.94. The number of amides is 1. The number of hydrogen-bond acceptors (Lipinski definition) is 3. The van der Waals surface area contributed by atoms with E-state index in [1.165, 1.54) is 0 Å². The Bertz CT molecular complexity index is 256. The van der Waals surface area contributed by atoms with Crippen molar-refractivity contribution in [2.75, 3.05) is 19.7 Å². The fourth-order valence-corrected chi connectivity index (χ4v) is 2.40. The minimum Gasteiger partial charge on any atom is -0.376 e. The number of likely N-dealkylation sites (tertiary alicyclic amines) is 1. The molecule has 2 atom stereocenters. The zero-order valence-electron chi connectivity index (χ0n) is 12.0. The minimum absolute atomic E-state index is 0.0912. The van der Waals surface area contributed by atoms with E-state index in [0.717, 1.165) is 38.8 Å². The van der Waals surface area contributed by atoms with Crippen LogP contribution < -0.4 is 5.73 Å². The average molecular weight is 256 g/mol. The first-order valence-electron chi connectivity index (χ1n) is 7.20. The van der Waals surface area contributed by atoms with E-state index in [2.05, 4.69) is 20.8 Å². The first-order valence-corrected chi connectivity index (χ1v) is 7.20. The molecule has 106 valence electrons. The van der Waals surface area contributed by atoms with Crippen LogP contribution >= 0.6 is 0 Å². The maximum atomic E-state index is 12.2. The van der Waals surface area contributed by atoms with Crippen molar-refractivity contribution in [3.8, 4) is 0 Å². The molecule has 0 aromatic rings. The Balaban J connectivity index is 2.42. The molecule has 0 aromatic carbocycles. The summed E-state index contributed by atoms with van der Waals surface area (Å²) >= 11 is 0. The van der Waals surface area contributed by atoms with Crippen molar-refractivity contribution < 1.29 is 9.53 Å². The van der Waals surface area contributed by atoms with Gasteiger partial charge in [-0.15, -0.1) is 0 Å². The summed E-state index contributed by atoms with van der Waals surface area (Å²) in [7, 11) is 0. The lowest BCUT2D eigenvalue weighted by Crippen LogP contribution is -2.50. The molecule has 2 N–H and O–H groups in total. The maximum absolute atomic E-state index is 12.2. The monoisotopic (exact) mass is 256 g/mol. The molecule has 1 heterocycles. The van der Waals surface area contributed by atoms with Crippen molar-refractivity contribution in [2.24, 2.45) is 11.7 Å². The van der Waals surface area contributed by atoms with Gasteiger partial charge in [-0.05, 0) is 31.6 Å². The van der Waals surface area contributed by atoms with Crippen LogP contribution in [0.25, 0.3) is 0 Å². The molecule has 0 radical (unpaired) electrons. The number of nitrogens with zero attached hydrogens (tertiary/aromatic N) is 1. The third-order valence-corrected chi connectivity index (χ3v) is 3.29. The van der Waals surface area contributed by atoms with Gasteiger partial charge in [-0.1, -0.05) is 20.8 Å². The number of nitrogens with two attached hydrogens (primary N) is 1. The SMILES string of the molecule is CCCOC1CCCN(C(=O)[C@@H](N)CC(C)C)C1. The predicted octanol–water partition coefficient (Wildman–Crippen LogP) is 1.78. The van der Waals surface area contributed by atoms with Crippen molar-refractivity contribution in [3.63, 3.8) is 0 Å². The van der Waals surface area contributed by atoms with Crippen molar-refractivity contribution in [3.05, 3.63) is 0 Å². The second kappa shape index (κ2) is 7.74. The topological polar surface area (TPSA) is 55.6 Å². The Morgan fingerprint density at radius 1 is 1.50 bits per heavy atom. The highest BCUT2D eigenvalue weighted by molar-refractivity contribution is 5.81. The van der Waals surface area contributed by atoms with E-state index in [-0.39, 0.29) is 18.1 Å². The van der Waals surface area contributed by atoms with Gasteiger partial charge >= 0.3 is 0 Å². The van der Waals surface area contributed by atoms with E-state index in [0.29, 0.717) is 12.5 Å². The van der Waals surface area contributed by atoms with Crippen LogP contribution in [0, 0.1) is 5.92 Å². The molecule has 1 rings (SSSR count). The highest BCUT2D eigenvalue weighted by atomic mass is 16.5. The first-order chi connectivity index (χ1) is 8.54. The highest BCUT2D eigenvalue weighted by Gasteiger charge is 2.27. The van der Waals surface area contributed by atoms with Gasteiger partial charge in [0.25, 0.3) is 0 Å². The van der Waals surface area contributed by atoms with Crippen molar-refractivity contribution in [2.45, 2.75) is 58.6 Å². The molecular weight excluding hydrogens is 228 g/mol. The van der Waals surface area contributed by atoms with E-state index < -0.39 is 0 Å². The van der Waals surface area contributed by atoms with Gasteiger partial charge in [0.15, 0.2) is 0 Å². The average Bonchev–Trinajstić information content (AvgIpc) is 2.35. The number of carbonyl (C=O) groups excluding carboxylic acids is 1. The molecule has 0 aromatic heterocycles. The van der Waals surface area contributed by atoms with Gasteiger partial charge in [-0.25, -0.2) is 0 Å². The van der Waals surface area contributed by atoms with Crippen LogP contribution in [0.1, 0.15) is 46.5 Å². The zero-order valence-corrected chi connectivity index (χ0v) is 12.0. The van der Waals surface area contributed by atoms with Gasteiger partial charge in [-0.2, -0.15) is 0 Å². The summed E-state index contributed by atoms with van der Waals surface area (Å²) in [6.45, 7) is 8.61. The summed E-state index contributed by atoms with van der Waals surface area (Å²) in [4.78, 5) is 14.1. The fraction of sp³-hybridized carbons (Fsp3) is 0.929. The molecule has 1 aliphatic heterocycles.